The second-order valence-electron chi connectivity index (χ2n) is 9.64. The summed E-state index contributed by atoms with van der Waals surface area (Å²) in [6.07, 6.45) is -0.543. The lowest BCUT2D eigenvalue weighted by Crippen LogP contribution is -2.52. The number of carbonyl (C=O) groups is 3. The Hall–Kier alpha value is -3.29. The van der Waals surface area contributed by atoms with Crippen molar-refractivity contribution in [2.45, 2.75) is 65.5 Å². The minimum absolute atomic E-state index is 0.142. The molecule has 0 aliphatic carbocycles. The number of hydrogen-bond acceptors (Lipinski definition) is 7. The topological polar surface area (TPSA) is 78.9 Å². The maximum Gasteiger partial charge on any atom is 0.303 e. The van der Waals surface area contributed by atoms with Crippen molar-refractivity contribution in [2.75, 3.05) is 0 Å². The van der Waals surface area contributed by atoms with E-state index in [-0.39, 0.29) is 12.0 Å². The lowest BCUT2D eigenvalue weighted by Gasteiger charge is -2.43. The van der Waals surface area contributed by atoms with Crippen molar-refractivity contribution >= 4 is 29.6 Å². The van der Waals surface area contributed by atoms with Crippen LogP contribution in [0.5, 0.6) is 0 Å². The fourth-order valence-electron chi connectivity index (χ4n) is 4.77. The minimum Gasteiger partial charge on any atom is -0.458 e. The number of rotatable bonds is 7. The molecule has 1 aliphatic rings. The SMILES string of the molecule is CC(=O)O[C@H]1[C@H](C)[C@@H](C)OC(c2ccc(C)c(Cc3ccc(-c4cccc(C=O)c4)s3)c2)[C@@H]1OC(C)=O. The predicted octanol–water partition coefficient (Wildman–Crippen LogP) is 6.09. The highest BCUT2D eigenvalue weighted by Gasteiger charge is 2.47. The van der Waals surface area contributed by atoms with E-state index in [2.05, 4.69) is 25.1 Å². The largest absolute Gasteiger partial charge is 0.458 e. The molecular formula is C30H32O6S. The lowest BCUT2D eigenvalue weighted by molar-refractivity contribution is -0.222. The highest BCUT2D eigenvalue weighted by molar-refractivity contribution is 7.15. The summed E-state index contributed by atoms with van der Waals surface area (Å²) < 4.78 is 17.7. The number of aryl methyl sites for hydroxylation is 1. The quantitative estimate of drug-likeness (QED) is 0.277. The van der Waals surface area contributed by atoms with Gasteiger partial charge in [0.2, 0.25) is 0 Å². The van der Waals surface area contributed by atoms with Crippen molar-refractivity contribution in [1.82, 2.24) is 0 Å². The fourth-order valence-corrected chi connectivity index (χ4v) is 5.79. The summed E-state index contributed by atoms with van der Waals surface area (Å²) >= 11 is 1.69. The van der Waals surface area contributed by atoms with Crippen molar-refractivity contribution in [3.05, 3.63) is 81.7 Å². The standard InChI is InChI=1S/C30H32O6S/c1-17-9-10-24(29-30(36-21(5)33)28(35-20(4)32)18(2)19(3)34-29)14-25(17)15-26-11-12-27(37-26)23-8-6-7-22(13-23)16-31/h6-14,16,18-19,28-30H,15H2,1-5H3/t18-,19-,28+,29?,30-/m1/s1. The second-order valence-corrected chi connectivity index (χ2v) is 10.8. The third-order valence-corrected chi connectivity index (χ3v) is 8.02. The number of hydrogen-bond donors (Lipinski definition) is 0. The van der Waals surface area contributed by atoms with Gasteiger partial charge >= 0.3 is 11.9 Å². The number of aldehydes is 1. The molecule has 4 rings (SSSR count). The van der Waals surface area contributed by atoms with E-state index in [0.29, 0.717) is 5.56 Å². The Morgan fingerprint density at radius 2 is 1.70 bits per heavy atom. The van der Waals surface area contributed by atoms with E-state index in [0.717, 1.165) is 39.8 Å². The Morgan fingerprint density at radius 1 is 0.973 bits per heavy atom. The molecule has 0 amide bonds. The van der Waals surface area contributed by atoms with Gasteiger partial charge in [-0.2, -0.15) is 0 Å². The van der Waals surface area contributed by atoms with Crippen LogP contribution in [0.1, 0.15) is 65.7 Å². The molecule has 0 saturated carbocycles. The van der Waals surface area contributed by atoms with Crippen LogP contribution in [0, 0.1) is 12.8 Å². The normalized spacial score (nSPS) is 23.3. The molecule has 0 bridgehead atoms. The molecule has 1 fully saturated rings. The Morgan fingerprint density at radius 3 is 2.41 bits per heavy atom. The smallest absolute Gasteiger partial charge is 0.303 e. The molecular weight excluding hydrogens is 488 g/mol. The van der Waals surface area contributed by atoms with Crippen LogP contribution in [-0.4, -0.2) is 36.5 Å². The van der Waals surface area contributed by atoms with Crippen molar-refractivity contribution < 1.29 is 28.6 Å². The summed E-state index contributed by atoms with van der Waals surface area (Å²) in [5, 5.41) is 0. The summed E-state index contributed by atoms with van der Waals surface area (Å²) in [6.45, 7) is 8.66. The first-order valence-electron chi connectivity index (χ1n) is 12.4. The Bertz CT molecular complexity index is 1290. The summed E-state index contributed by atoms with van der Waals surface area (Å²) in [6, 6.07) is 17.9. The van der Waals surface area contributed by atoms with Gasteiger partial charge in [-0.15, -0.1) is 11.3 Å². The van der Waals surface area contributed by atoms with Gasteiger partial charge in [0.1, 0.15) is 18.5 Å². The number of esters is 2. The minimum atomic E-state index is -0.749. The fraction of sp³-hybridized carbons (Fsp3) is 0.367. The molecule has 0 N–H and O–H groups in total. The van der Waals surface area contributed by atoms with E-state index in [1.807, 2.05) is 44.2 Å². The van der Waals surface area contributed by atoms with Gasteiger partial charge in [-0.25, -0.2) is 0 Å². The molecule has 3 aromatic rings. The van der Waals surface area contributed by atoms with E-state index < -0.39 is 30.3 Å². The molecule has 0 radical (unpaired) electrons. The number of carbonyl (C=O) groups excluding carboxylic acids is 3. The van der Waals surface area contributed by atoms with Gasteiger partial charge in [-0.3, -0.25) is 14.4 Å². The highest BCUT2D eigenvalue weighted by atomic mass is 32.1. The van der Waals surface area contributed by atoms with Crippen LogP contribution < -0.4 is 0 Å². The molecule has 2 aromatic carbocycles. The third kappa shape index (κ3) is 6.17. The number of benzene rings is 2. The summed E-state index contributed by atoms with van der Waals surface area (Å²) in [7, 11) is 0. The predicted molar refractivity (Wildman–Crippen MR) is 143 cm³/mol. The van der Waals surface area contributed by atoms with Gasteiger partial charge in [-0.1, -0.05) is 43.3 Å². The van der Waals surface area contributed by atoms with Gasteiger partial charge in [-0.05, 0) is 54.3 Å². The van der Waals surface area contributed by atoms with Crippen molar-refractivity contribution in [3.63, 3.8) is 0 Å². The molecule has 2 heterocycles. The van der Waals surface area contributed by atoms with Gasteiger partial charge < -0.3 is 14.2 Å². The van der Waals surface area contributed by atoms with Crippen LogP contribution >= 0.6 is 11.3 Å². The Kier molecular flexibility index (Phi) is 8.25. The van der Waals surface area contributed by atoms with Crippen LogP contribution in [-0.2, 0) is 30.2 Å². The van der Waals surface area contributed by atoms with Crippen LogP contribution in [0.25, 0.3) is 10.4 Å². The summed E-state index contributed by atoms with van der Waals surface area (Å²) in [4.78, 5) is 37.3. The first-order valence-corrected chi connectivity index (χ1v) is 13.2. The van der Waals surface area contributed by atoms with Gasteiger partial charge in [0, 0.05) is 41.5 Å². The van der Waals surface area contributed by atoms with Crippen LogP contribution in [0.4, 0.5) is 0 Å². The van der Waals surface area contributed by atoms with Gasteiger partial charge in [0.15, 0.2) is 6.10 Å². The van der Waals surface area contributed by atoms with Crippen LogP contribution in [0.2, 0.25) is 0 Å². The highest BCUT2D eigenvalue weighted by Crippen LogP contribution is 2.39. The molecule has 194 valence electrons. The van der Waals surface area contributed by atoms with Crippen molar-refractivity contribution in [2.24, 2.45) is 5.92 Å². The average Bonchev–Trinajstić information content (AvgIpc) is 3.33. The van der Waals surface area contributed by atoms with Crippen LogP contribution in [0.15, 0.2) is 54.6 Å². The number of ether oxygens (including phenoxy) is 3. The Balaban J connectivity index is 1.63. The van der Waals surface area contributed by atoms with Gasteiger partial charge in [0.05, 0.1) is 6.10 Å². The van der Waals surface area contributed by atoms with E-state index in [4.69, 9.17) is 14.2 Å². The molecule has 6 nitrogen and oxygen atoms in total. The summed E-state index contributed by atoms with van der Waals surface area (Å²) in [5.74, 6) is -1.01. The van der Waals surface area contributed by atoms with Crippen LogP contribution in [0.3, 0.4) is 0 Å². The molecule has 37 heavy (non-hydrogen) atoms. The lowest BCUT2D eigenvalue weighted by atomic mass is 9.85. The van der Waals surface area contributed by atoms with E-state index in [1.165, 1.54) is 18.7 Å². The van der Waals surface area contributed by atoms with Crippen molar-refractivity contribution in [3.8, 4) is 10.4 Å². The molecule has 1 aromatic heterocycles. The average molecular weight is 521 g/mol. The summed E-state index contributed by atoms with van der Waals surface area (Å²) in [5.41, 5.74) is 4.82. The zero-order chi connectivity index (χ0) is 26.7. The second kappa shape index (κ2) is 11.4. The monoisotopic (exact) mass is 520 g/mol. The zero-order valence-corrected chi connectivity index (χ0v) is 22.5. The Labute approximate surface area is 221 Å². The third-order valence-electron chi connectivity index (χ3n) is 6.88. The van der Waals surface area contributed by atoms with Gasteiger partial charge in [0.25, 0.3) is 0 Å². The number of thiophene rings is 1. The molecule has 1 unspecified atom stereocenters. The van der Waals surface area contributed by atoms with E-state index >= 15 is 0 Å². The molecule has 0 spiro atoms. The molecule has 1 aliphatic heterocycles. The first kappa shape index (κ1) is 26.8. The van der Waals surface area contributed by atoms with E-state index in [1.54, 1.807) is 17.4 Å². The first-order chi connectivity index (χ1) is 17.7. The van der Waals surface area contributed by atoms with Crippen molar-refractivity contribution in [1.29, 1.82) is 0 Å². The maximum atomic E-state index is 12.0. The zero-order valence-electron chi connectivity index (χ0n) is 21.7. The van der Waals surface area contributed by atoms with E-state index in [9.17, 15) is 14.4 Å². The molecule has 7 heteroatoms. The molecule has 1 saturated heterocycles. The maximum absolute atomic E-state index is 12.0. The molecule has 5 atom stereocenters.